The Bertz CT molecular complexity index is 438. The third-order valence-electron chi connectivity index (χ3n) is 3.78. The number of carbonyl (C=O) groups excluding carboxylic acids is 1. The van der Waals surface area contributed by atoms with Gasteiger partial charge in [-0.3, -0.25) is 4.79 Å². The average molecular weight is 278 g/mol. The largest absolute Gasteiger partial charge is 0.497 e. The summed E-state index contributed by atoms with van der Waals surface area (Å²) in [6.07, 6.45) is 0. The van der Waals surface area contributed by atoms with Crippen molar-refractivity contribution in [3.8, 4) is 5.75 Å². The molecular weight excluding hydrogens is 252 g/mol. The highest BCUT2D eigenvalue weighted by atomic mass is 16.5. The molecule has 0 aliphatic carbocycles. The number of nitrogens with two attached hydrogens (primary N) is 1. The van der Waals surface area contributed by atoms with Crippen LogP contribution in [0.3, 0.4) is 0 Å². The summed E-state index contributed by atoms with van der Waals surface area (Å²) in [7, 11) is 1.65. The van der Waals surface area contributed by atoms with Crippen LogP contribution in [0.2, 0.25) is 0 Å². The molecule has 1 aromatic rings. The molecule has 0 bridgehead atoms. The molecule has 4 heteroatoms. The monoisotopic (exact) mass is 278 g/mol. The summed E-state index contributed by atoms with van der Waals surface area (Å²) in [4.78, 5) is 12.0. The van der Waals surface area contributed by atoms with Crippen LogP contribution in [-0.4, -0.2) is 25.6 Å². The first kappa shape index (κ1) is 16.5. The van der Waals surface area contributed by atoms with Crippen molar-refractivity contribution in [1.82, 2.24) is 5.32 Å². The van der Waals surface area contributed by atoms with Crippen molar-refractivity contribution >= 4 is 5.91 Å². The molecule has 2 atom stereocenters. The van der Waals surface area contributed by atoms with E-state index in [0.717, 1.165) is 11.3 Å². The van der Waals surface area contributed by atoms with Crippen LogP contribution in [0.5, 0.6) is 5.75 Å². The number of hydrogen-bond acceptors (Lipinski definition) is 3. The van der Waals surface area contributed by atoms with Crippen LogP contribution in [0.4, 0.5) is 0 Å². The molecule has 0 aliphatic rings. The Morgan fingerprint density at radius 2 is 1.85 bits per heavy atom. The minimum atomic E-state index is -0.179. The van der Waals surface area contributed by atoms with Crippen molar-refractivity contribution in [1.29, 1.82) is 0 Å². The average Bonchev–Trinajstić information content (AvgIpc) is 2.44. The molecule has 2 unspecified atom stereocenters. The number of amides is 1. The molecule has 0 aromatic heterocycles. The van der Waals surface area contributed by atoms with E-state index in [1.807, 2.05) is 38.1 Å². The van der Waals surface area contributed by atoms with E-state index in [4.69, 9.17) is 10.5 Å². The second-order valence-electron chi connectivity index (χ2n) is 5.98. The van der Waals surface area contributed by atoms with Crippen molar-refractivity contribution in [2.24, 2.45) is 11.7 Å². The lowest BCUT2D eigenvalue weighted by atomic mass is 9.84. The lowest BCUT2D eigenvalue weighted by Crippen LogP contribution is -2.43. The van der Waals surface area contributed by atoms with Gasteiger partial charge in [-0.1, -0.05) is 32.9 Å². The first-order valence-electron chi connectivity index (χ1n) is 6.96. The van der Waals surface area contributed by atoms with Gasteiger partial charge in [0.25, 0.3) is 0 Å². The van der Waals surface area contributed by atoms with E-state index in [0.29, 0.717) is 6.54 Å². The van der Waals surface area contributed by atoms with Crippen LogP contribution < -0.4 is 15.8 Å². The molecule has 0 radical (unpaired) electrons. The Kier molecular flexibility index (Phi) is 5.57. The van der Waals surface area contributed by atoms with E-state index in [9.17, 15) is 4.79 Å². The SMILES string of the molecule is COc1ccc(C(C)(C)CNC(=O)C(C)C(C)N)cc1. The fraction of sp³-hybridized carbons (Fsp3) is 0.562. The molecule has 0 heterocycles. The molecule has 0 saturated carbocycles. The van der Waals surface area contributed by atoms with Gasteiger partial charge in [0.1, 0.15) is 5.75 Å². The number of methoxy groups -OCH3 is 1. The topological polar surface area (TPSA) is 64.3 Å². The van der Waals surface area contributed by atoms with Gasteiger partial charge in [-0.25, -0.2) is 0 Å². The number of carbonyl (C=O) groups is 1. The molecule has 0 fully saturated rings. The standard InChI is InChI=1S/C16H26N2O2/c1-11(12(2)17)15(19)18-10-16(3,4)13-6-8-14(20-5)9-7-13/h6-9,11-12H,10,17H2,1-5H3,(H,18,19). The third kappa shape index (κ3) is 4.23. The van der Waals surface area contributed by atoms with Gasteiger partial charge in [-0.15, -0.1) is 0 Å². The van der Waals surface area contributed by atoms with Crippen LogP contribution in [0, 0.1) is 5.92 Å². The fourth-order valence-electron chi connectivity index (χ4n) is 1.85. The van der Waals surface area contributed by atoms with Crippen molar-refractivity contribution in [2.45, 2.75) is 39.2 Å². The summed E-state index contributed by atoms with van der Waals surface area (Å²) in [5.74, 6) is 0.655. The second-order valence-corrected chi connectivity index (χ2v) is 5.98. The molecular formula is C16H26N2O2. The normalized spacial score (nSPS) is 14.5. The van der Waals surface area contributed by atoms with Gasteiger partial charge in [-0.2, -0.15) is 0 Å². The zero-order valence-corrected chi connectivity index (χ0v) is 13.1. The van der Waals surface area contributed by atoms with Gasteiger partial charge in [0.15, 0.2) is 0 Å². The zero-order chi connectivity index (χ0) is 15.3. The number of rotatable bonds is 6. The smallest absolute Gasteiger partial charge is 0.224 e. The molecule has 4 nitrogen and oxygen atoms in total. The maximum Gasteiger partial charge on any atom is 0.224 e. The molecule has 1 aromatic carbocycles. The van der Waals surface area contributed by atoms with E-state index in [1.54, 1.807) is 7.11 Å². The highest BCUT2D eigenvalue weighted by Crippen LogP contribution is 2.24. The predicted octanol–water partition coefficient (Wildman–Crippen LogP) is 2.07. The fourth-order valence-corrected chi connectivity index (χ4v) is 1.85. The second kappa shape index (κ2) is 6.75. The maximum absolute atomic E-state index is 12.0. The van der Waals surface area contributed by atoms with Crippen LogP contribution in [0.15, 0.2) is 24.3 Å². The van der Waals surface area contributed by atoms with Crippen LogP contribution >= 0.6 is 0 Å². The van der Waals surface area contributed by atoms with Crippen molar-refractivity contribution in [3.05, 3.63) is 29.8 Å². The number of nitrogens with one attached hydrogen (secondary N) is 1. The molecule has 20 heavy (non-hydrogen) atoms. The lowest BCUT2D eigenvalue weighted by molar-refractivity contribution is -0.125. The predicted molar refractivity (Wildman–Crippen MR) is 81.8 cm³/mol. The van der Waals surface area contributed by atoms with E-state index >= 15 is 0 Å². The van der Waals surface area contributed by atoms with Gasteiger partial charge in [0.2, 0.25) is 5.91 Å². The summed E-state index contributed by atoms with van der Waals surface area (Å²) >= 11 is 0. The van der Waals surface area contributed by atoms with Crippen LogP contribution in [0.1, 0.15) is 33.3 Å². The first-order valence-corrected chi connectivity index (χ1v) is 6.96. The van der Waals surface area contributed by atoms with Gasteiger partial charge in [0.05, 0.1) is 7.11 Å². The Morgan fingerprint density at radius 3 is 2.30 bits per heavy atom. The quantitative estimate of drug-likeness (QED) is 0.837. The number of ether oxygens (including phenoxy) is 1. The molecule has 1 amide bonds. The Morgan fingerprint density at radius 1 is 1.30 bits per heavy atom. The zero-order valence-electron chi connectivity index (χ0n) is 13.1. The summed E-state index contributed by atoms with van der Waals surface area (Å²) in [6, 6.07) is 7.78. The maximum atomic E-state index is 12.0. The van der Waals surface area contributed by atoms with E-state index < -0.39 is 0 Å². The van der Waals surface area contributed by atoms with Gasteiger partial charge in [-0.05, 0) is 24.6 Å². The van der Waals surface area contributed by atoms with E-state index in [1.165, 1.54) is 0 Å². The van der Waals surface area contributed by atoms with Crippen LogP contribution in [-0.2, 0) is 10.2 Å². The van der Waals surface area contributed by atoms with Crippen molar-refractivity contribution in [3.63, 3.8) is 0 Å². The Hall–Kier alpha value is -1.55. The summed E-state index contributed by atoms with van der Waals surface area (Å²) < 4.78 is 5.15. The first-order chi connectivity index (χ1) is 9.27. The minimum Gasteiger partial charge on any atom is -0.497 e. The summed E-state index contributed by atoms with van der Waals surface area (Å²) in [6.45, 7) is 8.48. The van der Waals surface area contributed by atoms with E-state index in [-0.39, 0.29) is 23.3 Å². The Balaban J connectivity index is 2.67. The van der Waals surface area contributed by atoms with Gasteiger partial charge in [0, 0.05) is 23.9 Å². The van der Waals surface area contributed by atoms with Crippen LogP contribution in [0.25, 0.3) is 0 Å². The lowest BCUT2D eigenvalue weighted by Gasteiger charge is -2.27. The molecule has 0 saturated heterocycles. The molecule has 0 aliphatic heterocycles. The summed E-state index contributed by atoms with van der Waals surface area (Å²) in [5, 5.41) is 2.98. The summed E-state index contributed by atoms with van der Waals surface area (Å²) in [5.41, 5.74) is 6.76. The van der Waals surface area contributed by atoms with Crippen molar-refractivity contribution in [2.75, 3.05) is 13.7 Å². The molecule has 1 rings (SSSR count). The molecule has 3 N–H and O–H groups in total. The highest BCUT2D eigenvalue weighted by Gasteiger charge is 2.24. The number of hydrogen-bond donors (Lipinski definition) is 2. The molecule has 0 spiro atoms. The Labute approximate surface area is 121 Å². The number of benzene rings is 1. The van der Waals surface area contributed by atoms with Gasteiger partial charge < -0.3 is 15.8 Å². The van der Waals surface area contributed by atoms with Gasteiger partial charge >= 0.3 is 0 Å². The highest BCUT2D eigenvalue weighted by molar-refractivity contribution is 5.79. The van der Waals surface area contributed by atoms with Crippen molar-refractivity contribution < 1.29 is 9.53 Å². The minimum absolute atomic E-state index is 0.00147. The third-order valence-corrected chi connectivity index (χ3v) is 3.78. The van der Waals surface area contributed by atoms with E-state index in [2.05, 4.69) is 19.2 Å². The molecule has 112 valence electrons.